The molecule has 3 N–H and O–H groups in total. The molecule has 0 bridgehead atoms. The minimum atomic E-state index is -1.60. The Kier molecular flexibility index (Phi) is 9.71. The summed E-state index contributed by atoms with van der Waals surface area (Å²) in [7, 11) is 0. The smallest absolute Gasteiger partial charge is 0.342 e. The number of carbonyl (C=O) groups is 2. The highest BCUT2D eigenvalue weighted by Gasteiger charge is 2.26. The molecule has 0 radical (unpaired) electrons. The average molecular weight is 510 g/mol. The summed E-state index contributed by atoms with van der Waals surface area (Å²) in [5, 5.41) is 31.2. The van der Waals surface area contributed by atoms with E-state index in [0.29, 0.717) is 31.9 Å². The molecule has 1 aromatic carbocycles. The van der Waals surface area contributed by atoms with E-state index in [2.05, 4.69) is 4.90 Å². The summed E-state index contributed by atoms with van der Waals surface area (Å²) in [6.07, 6.45) is 0.666. The number of fused-ring (bicyclic) bond motifs is 1. The Labute approximate surface area is 209 Å². The zero-order chi connectivity index (χ0) is 25.5. The molecule has 10 heteroatoms. The second-order valence-corrected chi connectivity index (χ2v) is 9.14. The lowest BCUT2D eigenvalue weighted by atomic mass is 10.00. The van der Waals surface area contributed by atoms with Crippen molar-refractivity contribution in [2.45, 2.75) is 45.0 Å². The van der Waals surface area contributed by atoms with Crippen molar-refractivity contribution in [3.05, 3.63) is 39.9 Å². The number of hydrogen-bond donors (Lipinski definition) is 3. The van der Waals surface area contributed by atoms with Crippen molar-refractivity contribution in [2.75, 3.05) is 39.5 Å². The fourth-order valence-corrected chi connectivity index (χ4v) is 4.26. The first kappa shape index (κ1) is 27.2. The third-order valence-corrected chi connectivity index (χ3v) is 6.23. The van der Waals surface area contributed by atoms with Crippen LogP contribution in [0.1, 0.15) is 42.6 Å². The molecule has 0 aliphatic carbocycles. The molecule has 3 atom stereocenters. The van der Waals surface area contributed by atoms with Gasteiger partial charge in [0, 0.05) is 37.7 Å². The predicted molar refractivity (Wildman–Crippen MR) is 130 cm³/mol. The van der Waals surface area contributed by atoms with Gasteiger partial charge in [-0.25, -0.2) is 4.79 Å². The number of aromatic hydroxyl groups is 1. The van der Waals surface area contributed by atoms with E-state index in [4.69, 9.17) is 25.8 Å². The van der Waals surface area contributed by atoms with Crippen molar-refractivity contribution in [1.29, 1.82) is 0 Å². The third kappa shape index (κ3) is 7.28. The van der Waals surface area contributed by atoms with Gasteiger partial charge >= 0.3 is 5.97 Å². The SMILES string of the molecule is C/C1=C/C(=O)[C@@H](O)[C@@H](O)C/C=C/c2c(Cl)c(OCCN3CCOCC3)cc(O)c2C(=O)O[C@@H](C)C1. The minimum absolute atomic E-state index is 0.0925. The van der Waals surface area contributed by atoms with E-state index >= 15 is 0 Å². The van der Waals surface area contributed by atoms with Crippen LogP contribution in [-0.4, -0.2) is 89.7 Å². The minimum Gasteiger partial charge on any atom is -0.507 e. The van der Waals surface area contributed by atoms with Gasteiger partial charge in [0.15, 0.2) is 5.78 Å². The van der Waals surface area contributed by atoms with E-state index in [1.807, 2.05) is 0 Å². The number of phenols is 1. The number of rotatable bonds is 4. The van der Waals surface area contributed by atoms with Crippen LogP contribution in [0.2, 0.25) is 5.02 Å². The Bertz CT molecular complexity index is 986. The second kappa shape index (κ2) is 12.5. The number of halogens is 1. The maximum Gasteiger partial charge on any atom is 0.342 e. The van der Waals surface area contributed by atoms with Crippen LogP contribution >= 0.6 is 11.6 Å². The van der Waals surface area contributed by atoms with E-state index in [1.165, 1.54) is 24.3 Å². The van der Waals surface area contributed by atoms with Gasteiger partial charge in [-0.05, 0) is 26.3 Å². The van der Waals surface area contributed by atoms with Crippen molar-refractivity contribution in [3.8, 4) is 11.5 Å². The summed E-state index contributed by atoms with van der Waals surface area (Å²) in [6, 6.07) is 1.28. The van der Waals surface area contributed by atoms with Gasteiger partial charge in [0.2, 0.25) is 0 Å². The van der Waals surface area contributed by atoms with Crippen molar-refractivity contribution in [2.24, 2.45) is 0 Å². The highest BCUT2D eigenvalue weighted by atomic mass is 35.5. The molecule has 0 saturated carbocycles. The first-order chi connectivity index (χ1) is 16.7. The van der Waals surface area contributed by atoms with Gasteiger partial charge in [0.25, 0.3) is 0 Å². The van der Waals surface area contributed by atoms with Crippen LogP contribution in [-0.2, 0) is 14.3 Å². The number of benzene rings is 1. The summed E-state index contributed by atoms with van der Waals surface area (Å²) in [5.41, 5.74) is 0.590. The van der Waals surface area contributed by atoms with Crippen LogP contribution in [0, 0.1) is 0 Å². The molecule has 35 heavy (non-hydrogen) atoms. The number of aliphatic hydroxyl groups is 2. The highest BCUT2D eigenvalue weighted by Crippen LogP contribution is 2.38. The van der Waals surface area contributed by atoms with Crippen molar-refractivity contribution >= 4 is 29.4 Å². The molecular formula is C25H32ClNO8. The van der Waals surface area contributed by atoms with Crippen LogP contribution in [0.15, 0.2) is 23.8 Å². The van der Waals surface area contributed by atoms with Crippen molar-refractivity contribution in [3.63, 3.8) is 0 Å². The normalized spacial score (nSPS) is 27.2. The van der Waals surface area contributed by atoms with Gasteiger partial charge in [-0.2, -0.15) is 0 Å². The van der Waals surface area contributed by atoms with Gasteiger partial charge < -0.3 is 29.5 Å². The fraction of sp³-hybridized carbons (Fsp3) is 0.520. The molecule has 1 saturated heterocycles. The Hall–Kier alpha value is -2.43. The lowest BCUT2D eigenvalue weighted by Gasteiger charge is -2.26. The van der Waals surface area contributed by atoms with Crippen LogP contribution < -0.4 is 4.74 Å². The maximum atomic E-state index is 13.0. The molecule has 3 rings (SSSR count). The topological polar surface area (TPSA) is 126 Å². The molecular weight excluding hydrogens is 478 g/mol. The second-order valence-electron chi connectivity index (χ2n) is 8.76. The number of phenolic OH excluding ortho intramolecular Hbond substituents is 1. The largest absolute Gasteiger partial charge is 0.507 e. The van der Waals surface area contributed by atoms with Gasteiger partial charge in [-0.15, -0.1) is 0 Å². The average Bonchev–Trinajstić information content (AvgIpc) is 2.80. The number of hydrogen-bond acceptors (Lipinski definition) is 9. The zero-order valence-corrected chi connectivity index (χ0v) is 20.7. The molecule has 0 aromatic heterocycles. The molecule has 192 valence electrons. The fourth-order valence-electron chi connectivity index (χ4n) is 3.99. The van der Waals surface area contributed by atoms with Crippen LogP contribution in [0.25, 0.3) is 6.08 Å². The maximum absolute atomic E-state index is 13.0. The zero-order valence-electron chi connectivity index (χ0n) is 19.9. The number of cyclic esters (lactones) is 1. The Morgan fingerprint density at radius 3 is 2.66 bits per heavy atom. The molecule has 2 aliphatic heterocycles. The number of esters is 1. The Morgan fingerprint density at radius 1 is 1.23 bits per heavy atom. The van der Waals surface area contributed by atoms with E-state index < -0.39 is 30.1 Å². The molecule has 0 unspecified atom stereocenters. The third-order valence-electron chi connectivity index (χ3n) is 5.84. The first-order valence-electron chi connectivity index (χ1n) is 11.6. The standard InChI is InChI=1S/C25H32ClNO8/c1-15-12-16(2)35-25(32)22-17(4-3-5-18(28)24(31)20(30)13-15)23(26)21(14-19(22)29)34-11-8-27-6-9-33-10-7-27/h3-4,13-14,16,18,24,28-29,31H,5-12H2,1-2H3/b4-3+,15-13-/t16-,18-,24-/m0/s1. The van der Waals surface area contributed by atoms with Gasteiger partial charge in [-0.3, -0.25) is 9.69 Å². The lowest BCUT2D eigenvalue weighted by molar-refractivity contribution is -0.127. The van der Waals surface area contributed by atoms with Gasteiger partial charge in [0.1, 0.15) is 35.9 Å². The predicted octanol–water partition coefficient (Wildman–Crippen LogP) is 2.35. The monoisotopic (exact) mass is 509 g/mol. The van der Waals surface area contributed by atoms with E-state index in [-0.39, 0.29) is 40.5 Å². The molecule has 0 amide bonds. The number of aliphatic hydroxyl groups excluding tert-OH is 2. The van der Waals surface area contributed by atoms with Crippen LogP contribution in [0.3, 0.4) is 0 Å². The molecule has 1 aromatic rings. The molecule has 2 heterocycles. The number of nitrogens with zero attached hydrogens (tertiary/aromatic N) is 1. The quantitative estimate of drug-likeness (QED) is 0.524. The summed E-state index contributed by atoms with van der Waals surface area (Å²) in [5.74, 6) is -1.58. The number of carbonyl (C=O) groups excluding carboxylic acids is 2. The molecule has 9 nitrogen and oxygen atoms in total. The summed E-state index contributed by atoms with van der Waals surface area (Å²) in [4.78, 5) is 27.4. The lowest BCUT2D eigenvalue weighted by Crippen LogP contribution is -2.38. The highest BCUT2D eigenvalue weighted by molar-refractivity contribution is 6.34. The summed E-state index contributed by atoms with van der Waals surface area (Å²) in [6.45, 7) is 7.17. The number of ketones is 1. The van der Waals surface area contributed by atoms with E-state index in [0.717, 1.165) is 13.1 Å². The van der Waals surface area contributed by atoms with Gasteiger partial charge in [0.05, 0.1) is 24.3 Å². The molecule has 1 fully saturated rings. The number of ether oxygens (including phenoxy) is 3. The Morgan fingerprint density at radius 2 is 1.94 bits per heavy atom. The first-order valence-corrected chi connectivity index (χ1v) is 12.0. The summed E-state index contributed by atoms with van der Waals surface area (Å²) >= 11 is 6.58. The van der Waals surface area contributed by atoms with Crippen LogP contribution in [0.4, 0.5) is 0 Å². The molecule has 0 spiro atoms. The Balaban J connectivity index is 1.90. The van der Waals surface area contributed by atoms with Crippen molar-refractivity contribution < 1.29 is 39.1 Å². The number of morpholine rings is 1. The van der Waals surface area contributed by atoms with Crippen LogP contribution in [0.5, 0.6) is 11.5 Å². The van der Waals surface area contributed by atoms with E-state index in [1.54, 1.807) is 13.8 Å². The van der Waals surface area contributed by atoms with Gasteiger partial charge in [-0.1, -0.05) is 29.3 Å². The van der Waals surface area contributed by atoms with E-state index in [9.17, 15) is 24.9 Å². The summed E-state index contributed by atoms with van der Waals surface area (Å²) < 4.78 is 16.6. The van der Waals surface area contributed by atoms with Crippen molar-refractivity contribution in [1.82, 2.24) is 4.90 Å². The molecule has 2 aliphatic rings.